The van der Waals surface area contributed by atoms with Crippen molar-refractivity contribution in [2.75, 3.05) is 14.2 Å². The summed E-state index contributed by atoms with van der Waals surface area (Å²) in [6.45, 7) is 6.85. The van der Waals surface area contributed by atoms with Gasteiger partial charge in [0, 0.05) is 5.41 Å². The van der Waals surface area contributed by atoms with Gasteiger partial charge >= 0.3 is 0 Å². The molecule has 2 nitrogen and oxygen atoms in total. The number of methoxy groups -OCH3 is 2. The first-order valence-corrected chi connectivity index (χ1v) is 7.78. The summed E-state index contributed by atoms with van der Waals surface area (Å²) in [4.78, 5) is 0. The van der Waals surface area contributed by atoms with Crippen LogP contribution in [0.15, 0.2) is 48.5 Å². The first kappa shape index (κ1) is 16.4. The zero-order valence-corrected chi connectivity index (χ0v) is 14.2. The third kappa shape index (κ3) is 3.44. The van der Waals surface area contributed by atoms with E-state index in [9.17, 15) is 0 Å². The van der Waals surface area contributed by atoms with Crippen LogP contribution in [-0.4, -0.2) is 14.2 Å². The molecule has 0 unspecified atom stereocenters. The molecule has 2 heteroatoms. The second-order valence-electron chi connectivity index (χ2n) is 6.39. The molecule has 0 saturated carbocycles. The molecule has 2 aromatic carbocycles. The fourth-order valence-electron chi connectivity index (χ4n) is 3.14. The van der Waals surface area contributed by atoms with Gasteiger partial charge in [0.1, 0.15) is 11.5 Å². The molecule has 0 aliphatic rings. The van der Waals surface area contributed by atoms with E-state index in [0.29, 0.717) is 5.92 Å². The van der Waals surface area contributed by atoms with E-state index in [1.807, 2.05) is 24.3 Å². The van der Waals surface area contributed by atoms with Gasteiger partial charge in [-0.3, -0.25) is 0 Å². The standard InChI is InChI=1S/C20H26O2/c1-15(2)14-20(3,16-6-10-18(21-4)11-7-16)17-8-12-19(22-5)13-9-17/h6-13,15H,14H2,1-5H3. The Morgan fingerprint density at radius 2 is 1.14 bits per heavy atom. The van der Waals surface area contributed by atoms with E-state index >= 15 is 0 Å². The van der Waals surface area contributed by atoms with Crippen molar-refractivity contribution >= 4 is 0 Å². The topological polar surface area (TPSA) is 18.5 Å². The number of hydrogen-bond donors (Lipinski definition) is 0. The zero-order valence-electron chi connectivity index (χ0n) is 14.2. The van der Waals surface area contributed by atoms with Gasteiger partial charge in [-0.05, 0) is 47.7 Å². The Labute approximate surface area is 134 Å². The Bertz CT molecular complexity index is 535. The van der Waals surface area contributed by atoms with Crippen molar-refractivity contribution in [1.29, 1.82) is 0 Å². The van der Waals surface area contributed by atoms with Crippen LogP contribution in [0.2, 0.25) is 0 Å². The monoisotopic (exact) mass is 298 g/mol. The number of rotatable bonds is 6. The molecule has 0 aliphatic heterocycles. The van der Waals surface area contributed by atoms with Crippen LogP contribution in [0, 0.1) is 5.92 Å². The number of hydrogen-bond acceptors (Lipinski definition) is 2. The van der Waals surface area contributed by atoms with E-state index in [-0.39, 0.29) is 5.41 Å². The van der Waals surface area contributed by atoms with Gasteiger partial charge in [0.2, 0.25) is 0 Å². The minimum Gasteiger partial charge on any atom is -0.497 e. The molecular weight excluding hydrogens is 272 g/mol. The zero-order chi connectivity index (χ0) is 16.2. The lowest BCUT2D eigenvalue weighted by Gasteiger charge is -2.33. The molecule has 2 rings (SSSR count). The molecule has 0 spiro atoms. The van der Waals surface area contributed by atoms with Crippen LogP contribution >= 0.6 is 0 Å². The van der Waals surface area contributed by atoms with Crippen molar-refractivity contribution in [3.63, 3.8) is 0 Å². The summed E-state index contributed by atoms with van der Waals surface area (Å²) < 4.78 is 10.6. The highest BCUT2D eigenvalue weighted by atomic mass is 16.5. The second-order valence-corrected chi connectivity index (χ2v) is 6.39. The summed E-state index contributed by atoms with van der Waals surface area (Å²) in [5, 5.41) is 0. The highest BCUT2D eigenvalue weighted by Crippen LogP contribution is 2.39. The molecule has 0 heterocycles. The fourth-order valence-corrected chi connectivity index (χ4v) is 3.14. The normalized spacial score (nSPS) is 11.5. The summed E-state index contributed by atoms with van der Waals surface area (Å²) in [6.07, 6.45) is 1.09. The molecule has 0 fully saturated rings. The smallest absolute Gasteiger partial charge is 0.118 e. The van der Waals surface area contributed by atoms with E-state index in [0.717, 1.165) is 17.9 Å². The van der Waals surface area contributed by atoms with Gasteiger partial charge in [0.15, 0.2) is 0 Å². The first-order chi connectivity index (χ1) is 10.5. The highest BCUT2D eigenvalue weighted by molar-refractivity contribution is 5.42. The highest BCUT2D eigenvalue weighted by Gasteiger charge is 2.29. The summed E-state index contributed by atoms with van der Waals surface area (Å²) in [5.41, 5.74) is 2.60. The van der Waals surface area contributed by atoms with Crippen molar-refractivity contribution < 1.29 is 9.47 Å². The second kappa shape index (κ2) is 6.87. The summed E-state index contributed by atoms with van der Waals surface area (Å²) in [6, 6.07) is 16.8. The predicted octanol–water partition coefficient (Wildman–Crippen LogP) is 5.06. The van der Waals surface area contributed by atoms with Crippen LogP contribution in [0.4, 0.5) is 0 Å². The molecule has 0 N–H and O–H groups in total. The molecule has 2 aromatic rings. The molecule has 22 heavy (non-hydrogen) atoms. The maximum atomic E-state index is 5.28. The summed E-state index contributed by atoms with van der Waals surface area (Å²) in [5.74, 6) is 2.39. The van der Waals surface area contributed by atoms with Gasteiger partial charge in [-0.2, -0.15) is 0 Å². The molecule has 0 radical (unpaired) electrons. The van der Waals surface area contributed by atoms with Crippen LogP contribution in [0.3, 0.4) is 0 Å². The lowest BCUT2D eigenvalue weighted by molar-refractivity contribution is 0.408. The average molecular weight is 298 g/mol. The largest absolute Gasteiger partial charge is 0.497 e. The Kier molecular flexibility index (Phi) is 5.12. The van der Waals surface area contributed by atoms with Crippen molar-refractivity contribution in [2.24, 2.45) is 5.92 Å². The maximum Gasteiger partial charge on any atom is 0.118 e. The molecule has 0 atom stereocenters. The Hall–Kier alpha value is -1.96. The lowest BCUT2D eigenvalue weighted by atomic mass is 9.71. The van der Waals surface area contributed by atoms with Crippen LogP contribution in [0.1, 0.15) is 38.3 Å². The molecule has 0 bridgehead atoms. The van der Waals surface area contributed by atoms with Crippen LogP contribution in [0.25, 0.3) is 0 Å². The molecule has 0 aliphatic carbocycles. The van der Waals surface area contributed by atoms with E-state index < -0.39 is 0 Å². The minimum atomic E-state index is -0.0211. The SMILES string of the molecule is COc1ccc(C(C)(CC(C)C)c2ccc(OC)cc2)cc1. The van der Waals surface area contributed by atoms with Crippen molar-refractivity contribution in [3.8, 4) is 11.5 Å². The van der Waals surface area contributed by atoms with E-state index in [1.165, 1.54) is 11.1 Å². The molecule has 0 amide bonds. The third-order valence-corrected chi connectivity index (χ3v) is 4.27. The van der Waals surface area contributed by atoms with Crippen LogP contribution in [-0.2, 0) is 5.41 Å². The molecule has 0 aromatic heterocycles. The summed E-state index contributed by atoms with van der Waals surface area (Å²) in [7, 11) is 3.40. The van der Waals surface area contributed by atoms with Gasteiger partial charge in [-0.1, -0.05) is 45.0 Å². The van der Waals surface area contributed by atoms with Crippen LogP contribution < -0.4 is 9.47 Å². The maximum absolute atomic E-state index is 5.28. The Morgan fingerprint density at radius 1 is 0.773 bits per heavy atom. The van der Waals surface area contributed by atoms with Crippen LogP contribution in [0.5, 0.6) is 11.5 Å². The molecular formula is C20H26O2. The van der Waals surface area contributed by atoms with Gasteiger partial charge in [-0.25, -0.2) is 0 Å². The average Bonchev–Trinajstić information content (AvgIpc) is 2.54. The Morgan fingerprint density at radius 3 is 1.41 bits per heavy atom. The predicted molar refractivity (Wildman–Crippen MR) is 91.9 cm³/mol. The summed E-state index contributed by atoms with van der Waals surface area (Å²) >= 11 is 0. The quantitative estimate of drug-likeness (QED) is 0.742. The van der Waals surface area contributed by atoms with Gasteiger partial charge in [0.05, 0.1) is 14.2 Å². The van der Waals surface area contributed by atoms with Gasteiger partial charge < -0.3 is 9.47 Å². The molecule has 0 saturated heterocycles. The first-order valence-electron chi connectivity index (χ1n) is 7.78. The van der Waals surface area contributed by atoms with Crippen molar-refractivity contribution in [3.05, 3.63) is 59.7 Å². The lowest BCUT2D eigenvalue weighted by Crippen LogP contribution is -2.25. The van der Waals surface area contributed by atoms with Gasteiger partial charge in [0.25, 0.3) is 0 Å². The minimum absolute atomic E-state index is 0.0211. The van der Waals surface area contributed by atoms with Crippen molar-refractivity contribution in [1.82, 2.24) is 0 Å². The van der Waals surface area contributed by atoms with E-state index in [1.54, 1.807) is 14.2 Å². The third-order valence-electron chi connectivity index (χ3n) is 4.27. The molecule has 118 valence electrons. The van der Waals surface area contributed by atoms with E-state index in [2.05, 4.69) is 45.0 Å². The van der Waals surface area contributed by atoms with Crippen molar-refractivity contribution in [2.45, 2.75) is 32.6 Å². The van der Waals surface area contributed by atoms with Gasteiger partial charge in [-0.15, -0.1) is 0 Å². The van der Waals surface area contributed by atoms with E-state index in [4.69, 9.17) is 9.47 Å². The number of benzene rings is 2. The Balaban J connectivity index is 2.44. The fraction of sp³-hybridized carbons (Fsp3) is 0.400. The number of ether oxygens (including phenoxy) is 2.